The normalized spacial score (nSPS) is 19.8. The van der Waals surface area contributed by atoms with Gasteiger partial charge in [0.1, 0.15) is 23.0 Å². The van der Waals surface area contributed by atoms with E-state index in [1.807, 2.05) is 60.5 Å². The Morgan fingerprint density at radius 2 is 1.83 bits per heavy atom. The molecule has 2 aliphatic heterocycles. The molecule has 148 valence electrons. The highest BCUT2D eigenvalue weighted by Crippen LogP contribution is 2.48. The smallest absolute Gasteiger partial charge is 0.214 e. The van der Waals surface area contributed by atoms with Gasteiger partial charge >= 0.3 is 0 Å². The van der Waals surface area contributed by atoms with Crippen LogP contribution in [0, 0.1) is 6.92 Å². The van der Waals surface area contributed by atoms with E-state index in [1.165, 1.54) is 0 Å². The van der Waals surface area contributed by atoms with E-state index < -0.39 is 0 Å². The molecular weight excluding hydrogens is 368 g/mol. The molecule has 2 aromatic carbocycles. The molecule has 0 radical (unpaired) electrons. The summed E-state index contributed by atoms with van der Waals surface area (Å²) in [5.74, 6) is 3.90. The summed E-state index contributed by atoms with van der Waals surface area (Å²) < 4.78 is 23.1. The van der Waals surface area contributed by atoms with Crippen molar-refractivity contribution in [1.29, 1.82) is 0 Å². The molecule has 0 spiro atoms. The number of benzene rings is 2. The van der Waals surface area contributed by atoms with Crippen LogP contribution in [0.2, 0.25) is 0 Å². The van der Waals surface area contributed by atoms with Crippen molar-refractivity contribution in [3.8, 4) is 17.2 Å². The third-order valence-electron chi connectivity index (χ3n) is 5.42. The second-order valence-electron chi connectivity index (χ2n) is 7.18. The minimum Gasteiger partial charge on any atom is -0.493 e. The number of rotatable bonds is 4. The van der Waals surface area contributed by atoms with Crippen LogP contribution in [-0.4, -0.2) is 24.9 Å². The van der Waals surface area contributed by atoms with Gasteiger partial charge in [-0.1, -0.05) is 18.2 Å². The minimum absolute atomic E-state index is 0.0819. The maximum absolute atomic E-state index is 6.39. The molecule has 2 unspecified atom stereocenters. The molecule has 0 N–H and O–H groups in total. The average Bonchev–Trinajstić information content (AvgIpc) is 3.39. The summed E-state index contributed by atoms with van der Waals surface area (Å²) in [4.78, 5) is 0. The Bertz CT molecular complexity index is 1090. The van der Waals surface area contributed by atoms with Gasteiger partial charge < -0.3 is 18.6 Å². The summed E-state index contributed by atoms with van der Waals surface area (Å²) in [6.45, 7) is 1.94. The fraction of sp³-hybridized carbons (Fsp3) is 0.261. The van der Waals surface area contributed by atoms with Gasteiger partial charge in [0.25, 0.3) is 0 Å². The van der Waals surface area contributed by atoms with Crippen LogP contribution in [0.4, 0.5) is 0 Å². The fourth-order valence-corrected chi connectivity index (χ4v) is 4.00. The van der Waals surface area contributed by atoms with E-state index in [1.54, 1.807) is 14.2 Å². The number of hydrogen-bond acceptors (Lipinski definition) is 6. The number of ether oxygens (including phenoxy) is 3. The lowest BCUT2D eigenvalue weighted by Crippen LogP contribution is -2.33. The van der Waals surface area contributed by atoms with E-state index in [4.69, 9.17) is 23.7 Å². The second kappa shape index (κ2) is 6.88. The SMILES string of the molecule is COc1ccc(C2Oc3ccccc3C3CC(c4ccc(C)o4)=NN32)cc1OC. The van der Waals surface area contributed by atoms with Crippen molar-refractivity contribution in [3.63, 3.8) is 0 Å². The van der Waals surface area contributed by atoms with Gasteiger partial charge in [-0.3, -0.25) is 0 Å². The zero-order valence-electron chi connectivity index (χ0n) is 16.6. The summed E-state index contributed by atoms with van der Waals surface area (Å²) in [7, 11) is 3.26. The van der Waals surface area contributed by atoms with Gasteiger partial charge in [0, 0.05) is 17.5 Å². The number of nitrogens with zero attached hydrogens (tertiary/aromatic N) is 2. The number of methoxy groups -OCH3 is 2. The predicted molar refractivity (Wildman–Crippen MR) is 109 cm³/mol. The average molecular weight is 390 g/mol. The van der Waals surface area contributed by atoms with E-state index in [0.29, 0.717) is 11.5 Å². The third kappa shape index (κ3) is 2.92. The molecule has 3 aromatic rings. The second-order valence-corrected chi connectivity index (χ2v) is 7.18. The quantitative estimate of drug-likeness (QED) is 0.638. The molecule has 1 aromatic heterocycles. The van der Waals surface area contributed by atoms with Crippen LogP contribution in [0.25, 0.3) is 0 Å². The van der Waals surface area contributed by atoms with E-state index in [2.05, 4.69) is 6.07 Å². The van der Waals surface area contributed by atoms with E-state index in [9.17, 15) is 0 Å². The Morgan fingerprint density at radius 1 is 1.00 bits per heavy atom. The first kappa shape index (κ1) is 17.7. The van der Waals surface area contributed by atoms with Gasteiger partial charge in [-0.05, 0) is 43.3 Å². The van der Waals surface area contributed by atoms with Gasteiger partial charge in [-0.15, -0.1) is 0 Å². The first-order valence-corrected chi connectivity index (χ1v) is 9.58. The number of hydrogen-bond donors (Lipinski definition) is 0. The monoisotopic (exact) mass is 390 g/mol. The van der Waals surface area contributed by atoms with Crippen LogP contribution < -0.4 is 14.2 Å². The van der Waals surface area contributed by atoms with Crippen LogP contribution in [0.1, 0.15) is 41.3 Å². The van der Waals surface area contributed by atoms with E-state index >= 15 is 0 Å². The molecular formula is C23H22N2O4. The summed E-state index contributed by atoms with van der Waals surface area (Å²) in [6, 6.07) is 18.0. The van der Waals surface area contributed by atoms with E-state index in [0.717, 1.165) is 40.5 Å². The maximum Gasteiger partial charge on any atom is 0.214 e. The van der Waals surface area contributed by atoms with Crippen LogP contribution in [0.15, 0.2) is 64.1 Å². The Morgan fingerprint density at radius 3 is 2.59 bits per heavy atom. The lowest BCUT2D eigenvalue weighted by Gasteiger charge is -2.38. The molecule has 0 saturated heterocycles. The fourth-order valence-electron chi connectivity index (χ4n) is 4.00. The van der Waals surface area contributed by atoms with Crippen LogP contribution in [0.3, 0.4) is 0 Å². The number of fused-ring (bicyclic) bond motifs is 3. The van der Waals surface area contributed by atoms with Crippen LogP contribution in [-0.2, 0) is 0 Å². The third-order valence-corrected chi connectivity index (χ3v) is 5.42. The van der Waals surface area contributed by atoms with Crippen molar-refractivity contribution in [2.75, 3.05) is 14.2 Å². The highest BCUT2D eigenvalue weighted by atomic mass is 16.5. The molecule has 3 heterocycles. The van der Waals surface area contributed by atoms with Gasteiger partial charge in [0.2, 0.25) is 6.23 Å². The minimum atomic E-state index is -0.372. The van der Waals surface area contributed by atoms with Gasteiger partial charge in [0.15, 0.2) is 11.5 Å². The highest BCUT2D eigenvalue weighted by Gasteiger charge is 2.41. The standard InChI is InChI=1S/C23H22N2O4/c1-14-8-10-20(28-14)17-13-18-16-6-4-5-7-19(16)29-23(25(18)24-17)15-9-11-21(26-2)22(12-15)27-3/h4-12,18,23H,13H2,1-3H3. The molecule has 0 amide bonds. The van der Waals surface area contributed by atoms with Crippen LogP contribution in [0.5, 0.6) is 17.2 Å². The molecule has 6 nitrogen and oxygen atoms in total. The van der Waals surface area contributed by atoms with Gasteiger partial charge in [0.05, 0.1) is 20.3 Å². The predicted octanol–water partition coefficient (Wildman–Crippen LogP) is 4.85. The molecule has 0 bridgehead atoms. The van der Waals surface area contributed by atoms with Gasteiger partial charge in [-0.2, -0.15) is 5.10 Å². The number of aryl methyl sites for hydroxylation is 1. The molecule has 0 fully saturated rings. The summed E-state index contributed by atoms with van der Waals surface area (Å²) in [6.07, 6.45) is 0.389. The van der Waals surface area contributed by atoms with Crippen molar-refractivity contribution >= 4 is 5.71 Å². The van der Waals surface area contributed by atoms with E-state index in [-0.39, 0.29) is 12.3 Å². The van der Waals surface area contributed by atoms with Crippen molar-refractivity contribution < 1.29 is 18.6 Å². The molecule has 2 aliphatic rings. The van der Waals surface area contributed by atoms with Crippen LogP contribution >= 0.6 is 0 Å². The lowest BCUT2D eigenvalue weighted by atomic mass is 9.97. The largest absolute Gasteiger partial charge is 0.493 e. The highest BCUT2D eigenvalue weighted by molar-refractivity contribution is 5.99. The Kier molecular flexibility index (Phi) is 4.19. The Balaban J connectivity index is 1.59. The maximum atomic E-state index is 6.39. The topological polar surface area (TPSA) is 56.4 Å². The zero-order valence-corrected chi connectivity index (χ0v) is 16.6. The summed E-state index contributed by atoms with van der Waals surface area (Å²) in [5, 5.41) is 6.93. The Labute approximate surface area is 169 Å². The zero-order chi connectivity index (χ0) is 20.0. The first-order valence-electron chi connectivity index (χ1n) is 9.58. The van der Waals surface area contributed by atoms with Crippen molar-refractivity contribution in [3.05, 3.63) is 77.2 Å². The van der Waals surface area contributed by atoms with Crippen molar-refractivity contribution in [1.82, 2.24) is 5.01 Å². The lowest BCUT2D eigenvalue weighted by molar-refractivity contribution is -0.0191. The summed E-state index contributed by atoms with van der Waals surface area (Å²) in [5.41, 5.74) is 3.00. The number of furan rings is 1. The number of hydrazone groups is 1. The summed E-state index contributed by atoms with van der Waals surface area (Å²) >= 11 is 0. The molecule has 6 heteroatoms. The van der Waals surface area contributed by atoms with Crippen molar-refractivity contribution in [2.24, 2.45) is 5.10 Å². The molecule has 5 rings (SSSR count). The first-order chi connectivity index (χ1) is 14.2. The van der Waals surface area contributed by atoms with Crippen molar-refractivity contribution in [2.45, 2.75) is 25.6 Å². The molecule has 29 heavy (non-hydrogen) atoms. The number of para-hydroxylation sites is 1. The molecule has 0 aliphatic carbocycles. The Hall–Kier alpha value is -3.41. The van der Waals surface area contributed by atoms with Gasteiger partial charge in [-0.25, -0.2) is 5.01 Å². The molecule has 0 saturated carbocycles. The molecule has 2 atom stereocenters.